The second-order valence-electron chi connectivity index (χ2n) is 4.03. The zero-order chi connectivity index (χ0) is 12.4. The molecule has 0 atom stereocenters. The first kappa shape index (κ1) is 15.4. The van der Waals surface area contributed by atoms with E-state index in [-0.39, 0.29) is 0 Å². The fraction of sp³-hybridized carbons (Fsp3) is 0.923. The molecule has 0 bridgehead atoms. The van der Waals surface area contributed by atoms with Gasteiger partial charge < -0.3 is 9.64 Å². The lowest BCUT2D eigenvalue weighted by Gasteiger charge is -2.31. The predicted molar refractivity (Wildman–Crippen MR) is 67.4 cm³/mol. The lowest BCUT2D eigenvalue weighted by molar-refractivity contribution is -0.132. The summed E-state index contributed by atoms with van der Waals surface area (Å²) in [7, 11) is 1.74. The summed E-state index contributed by atoms with van der Waals surface area (Å²) in [5, 5.41) is 0. The molecule has 96 valence electrons. The lowest BCUT2D eigenvalue weighted by atomic mass is 9.97. The molecule has 0 aliphatic carbocycles. The monoisotopic (exact) mass is 229 g/mol. The van der Waals surface area contributed by atoms with Gasteiger partial charge in [0.2, 0.25) is 5.91 Å². The van der Waals surface area contributed by atoms with Crippen molar-refractivity contribution in [2.24, 2.45) is 5.92 Å². The molecule has 3 nitrogen and oxygen atoms in total. The summed E-state index contributed by atoms with van der Waals surface area (Å²) < 4.78 is 5.12. The highest BCUT2D eigenvalue weighted by Gasteiger charge is 2.21. The molecule has 0 aromatic rings. The minimum absolute atomic E-state index is 0.323. The van der Waals surface area contributed by atoms with Crippen LogP contribution in [0.25, 0.3) is 0 Å². The Balaban J connectivity index is 0.00000106. The van der Waals surface area contributed by atoms with E-state index in [0.29, 0.717) is 18.2 Å². The second kappa shape index (κ2) is 9.64. The van der Waals surface area contributed by atoms with Crippen LogP contribution in [0.3, 0.4) is 0 Å². The van der Waals surface area contributed by atoms with Crippen molar-refractivity contribution < 1.29 is 9.53 Å². The number of rotatable bonds is 4. The molecule has 1 saturated heterocycles. The summed E-state index contributed by atoms with van der Waals surface area (Å²) in [6, 6.07) is 0. The Bertz CT molecular complexity index is 175. The molecule has 16 heavy (non-hydrogen) atoms. The summed E-state index contributed by atoms with van der Waals surface area (Å²) >= 11 is 0. The van der Waals surface area contributed by atoms with E-state index in [1.54, 1.807) is 7.11 Å². The highest BCUT2D eigenvalue weighted by atomic mass is 16.5. The van der Waals surface area contributed by atoms with Crippen molar-refractivity contribution >= 4 is 5.91 Å². The average Bonchev–Trinajstić information content (AvgIpc) is 2.33. The van der Waals surface area contributed by atoms with E-state index in [2.05, 4.69) is 6.92 Å². The summed E-state index contributed by atoms with van der Waals surface area (Å²) in [6.45, 7) is 8.74. The molecule has 1 amide bonds. The third-order valence-corrected chi connectivity index (χ3v) is 2.83. The van der Waals surface area contributed by atoms with Gasteiger partial charge in [0.05, 0.1) is 0 Å². The molecule has 0 unspecified atom stereocenters. The van der Waals surface area contributed by atoms with E-state index in [9.17, 15) is 4.79 Å². The van der Waals surface area contributed by atoms with E-state index < -0.39 is 0 Å². The van der Waals surface area contributed by atoms with Crippen LogP contribution in [-0.4, -0.2) is 37.6 Å². The average molecular weight is 229 g/mol. The number of hydrogen-bond donors (Lipinski definition) is 0. The fourth-order valence-electron chi connectivity index (χ4n) is 1.96. The number of nitrogens with zero attached hydrogens (tertiary/aromatic N) is 1. The largest absolute Gasteiger partial charge is 0.384 e. The molecule has 1 rings (SSSR count). The van der Waals surface area contributed by atoms with E-state index in [4.69, 9.17) is 4.74 Å². The maximum atomic E-state index is 11.6. The van der Waals surface area contributed by atoms with Crippen LogP contribution in [0.4, 0.5) is 0 Å². The van der Waals surface area contributed by atoms with Gasteiger partial charge in [-0.1, -0.05) is 20.8 Å². The molecule has 0 spiro atoms. The van der Waals surface area contributed by atoms with Crippen molar-refractivity contribution in [2.75, 3.05) is 26.8 Å². The molecular formula is C13H27NO2. The summed E-state index contributed by atoms with van der Waals surface area (Å²) in [5.41, 5.74) is 0. The van der Waals surface area contributed by atoms with Crippen LogP contribution >= 0.6 is 0 Å². The van der Waals surface area contributed by atoms with Gasteiger partial charge in [0.15, 0.2) is 0 Å². The van der Waals surface area contributed by atoms with Crippen molar-refractivity contribution in [1.82, 2.24) is 4.90 Å². The van der Waals surface area contributed by atoms with Gasteiger partial charge in [0.25, 0.3) is 0 Å². The van der Waals surface area contributed by atoms with Crippen molar-refractivity contribution in [3.05, 3.63) is 0 Å². The first-order valence-electron chi connectivity index (χ1n) is 6.54. The predicted octanol–water partition coefficient (Wildman–Crippen LogP) is 2.70. The van der Waals surface area contributed by atoms with Crippen LogP contribution in [0.1, 0.15) is 46.5 Å². The molecule has 3 heteroatoms. The minimum atomic E-state index is 0.323. The standard InChI is InChI=1S/C11H21NO2.C2H6/c1-3-4-11(13)12-7-5-10(6-8-12)9-14-2;1-2/h10H,3-9H2,1-2H3;1-2H3. The Morgan fingerprint density at radius 1 is 1.31 bits per heavy atom. The molecule has 1 fully saturated rings. The highest BCUT2D eigenvalue weighted by molar-refractivity contribution is 5.76. The van der Waals surface area contributed by atoms with Gasteiger partial charge in [-0.05, 0) is 25.2 Å². The Hall–Kier alpha value is -0.570. The quantitative estimate of drug-likeness (QED) is 0.742. The van der Waals surface area contributed by atoms with E-state index in [1.165, 1.54) is 0 Å². The van der Waals surface area contributed by atoms with Gasteiger partial charge >= 0.3 is 0 Å². The molecule has 1 heterocycles. The normalized spacial score (nSPS) is 16.6. The third-order valence-electron chi connectivity index (χ3n) is 2.83. The van der Waals surface area contributed by atoms with Crippen LogP contribution < -0.4 is 0 Å². The summed E-state index contributed by atoms with van der Waals surface area (Å²) in [6.07, 6.45) is 3.86. The van der Waals surface area contributed by atoms with E-state index in [0.717, 1.165) is 39.0 Å². The van der Waals surface area contributed by atoms with Crippen LogP contribution in [0.15, 0.2) is 0 Å². The summed E-state index contributed by atoms with van der Waals surface area (Å²) in [4.78, 5) is 13.6. The Labute approximate surface area is 100 Å². The van der Waals surface area contributed by atoms with Crippen LogP contribution in [0, 0.1) is 5.92 Å². The number of hydrogen-bond acceptors (Lipinski definition) is 2. The van der Waals surface area contributed by atoms with Gasteiger partial charge in [-0.25, -0.2) is 0 Å². The van der Waals surface area contributed by atoms with Gasteiger partial charge in [-0.2, -0.15) is 0 Å². The molecule has 1 aliphatic rings. The first-order valence-corrected chi connectivity index (χ1v) is 6.54. The Kier molecular flexibility index (Phi) is 9.30. The van der Waals surface area contributed by atoms with Gasteiger partial charge in [0.1, 0.15) is 0 Å². The van der Waals surface area contributed by atoms with Crippen LogP contribution in [0.2, 0.25) is 0 Å². The number of amides is 1. The maximum Gasteiger partial charge on any atom is 0.222 e. The number of carbonyl (C=O) groups is 1. The Morgan fingerprint density at radius 2 is 1.88 bits per heavy atom. The maximum absolute atomic E-state index is 11.6. The molecule has 0 radical (unpaired) electrons. The second-order valence-corrected chi connectivity index (χ2v) is 4.03. The van der Waals surface area contributed by atoms with Crippen molar-refractivity contribution in [3.8, 4) is 0 Å². The smallest absolute Gasteiger partial charge is 0.222 e. The number of carbonyl (C=O) groups excluding carboxylic acids is 1. The third kappa shape index (κ3) is 5.50. The SMILES string of the molecule is CC.CCCC(=O)N1CCC(COC)CC1. The Morgan fingerprint density at radius 3 is 2.31 bits per heavy atom. The van der Waals surface area contributed by atoms with Crippen molar-refractivity contribution in [2.45, 2.75) is 46.5 Å². The van der Waals surface area contributed by atoms with Crippen molar-refractivity contribution in [3.63, 3.8) is 0 Å². The van der Waals surface area contributed by atoms with Gasteiger partial charge in [0, 0.05) is 33.2 Å². The van der Waals surface area contributed by atoms with E-state index in [1.807, 2.05) is 18.7 Å². The van der Waals surface area contributed by atoms with E-state index >= 15 is 0 Å². The summed E-state index contributed by atoms with van der Waals surface area (Å²) in [5.74, 6) is 0.981. The number of likely N-dealkylation sites (tertiary alicyclic amines) is 1. The van der Waals surface area contributed by atoms with Gasteiger partial charge in [-0.3, -0.25) is 4.79 Å². The van der Waals surface area contributed by atoms with Gasteiger partial charge in [-0.15, -0.1) is 0 Å². The molecule has 0 aromatic heterocycles. The molecule has 1 aliphatic heterocycles. The molecule has 0 aromatic carbocycles. The molecule has 0 saturated carbocycles. The lowest BCUT2D eigenvalue weighted by Crippen LogP contribution is -2.39. The van der Waals surface area contributed by atoms with Crippen LogP contribution in [0.5, 0.6) is 0 Å². The number of piperidine rings is 1. The highest BCUT2D eigenvalue weighted by Crippen LogP contribution is 2.17. The fourth-order valence-corrected chi connectivity index (χ4v) is 1.96. The van der Waals surface area contributed by atoms with Crippen molar-refractivity contribution in [1.29, 1.82) is 0 Å². The minimum Gasteiger partial charge on any atom is -0.384 e. The number of ether oxygens (including phenoxy) is 1. The zero-order valence-electron chi connectivity index (χ0n) is 11.3. The zero-order valence-corrected chi connectivity index (χ0v) is 11.3. The topological polar surface area (TPSA) is 29.5 Å². The molecule has 0 N–H and O–H groups in total. The number of methoxy groups -OCH3 is 1. The van der Waals surface area contributed by atoms with Crippen LogP contribution in [-0.2, 0) is 9.53 Å². The first-order chi connectivity index (χ1) is 7.77. The molecular weight excluding hydrogens is 202 g/mol.